The number of rotatable bonds is 4. The molecule has 1 aliphatic heterocycles. The van der Waals surface area contributed by atoms with Crippen molar-refractivity contribution in [3.63, 3.8) is 0 Å². The highest BCUT2D eigenvalue weighted by Gasteiger charge is 2.50. The number of hydrogen-bond donors (Lipinski definition) is 1. The number of benzene rings is 1. The summed E-state index contributed by atoms with van der Waals surface area (Å²) < 4.78 is 13.3. The summed E-state index contributed by atoms with van der Waals surface area (Å²) in [7, 11) is 0. The van der Waals surface area contributed by atoms with Crippen molar-refractivity contribution in [2.24, 2.45) is 23.7 Å². The maximum absolute atomic E-state index is 13.3. The summed E-state index contributed by atoms with van der Waals surface area (Å²) in [5.41, 5.74) is 0.954. The first kappa shape index (κ1) is 17.2. The Morgan fingerprint density at radius 2 is 1.85 bits per heavy atom. The third-order valence-corrected chi connectivity index (χ3v) is 6.14. The lowest BCUT2D eigenvalue weighted by molar-refractivity contribution is -0.917. The molecule has 1 aromatic carbocycles. The number of fused-ring (bicyclic) bond motifs is 2. The van der Waals surface area contributed by atoms with Crippen molar-refractivity contribution in [1.29, 1.82) is 0 Å². The molecule has 1 saturated heterocycles. The Hall–Kier alpha value is -2.21. The topological polar surface area (TPSA) is 64.9 Å². The molecule has 2 fully saturated rings. The van der Waals surface area contributed by atoms with Gasteiger partial charge in [0.05, 0.1) is 32.1 Å². The molecule has 0 aromatic heterocycles. The van der Waals surface area contributed by atoms with Crippen molar-refractivity contribution >= 4 is 11.9 Å². The average molecular weight is 358 g/mol. The largest absolute Gasteiger partial charge is 0.550 e. The molecule has 1 heterocycles. The van der Waals surface area contributed by atoms with E-state index >= 15 is 0 Å². The summed E-state index contributed by atoms with van der Waals surface area (Å²) in [5.74, 6) is -2.55. The molecule has 5 nitrogen and oxygen atoms in total. The number of quaternary nitrogens is 1. The van der Waals surface area contributed by atoms with Crippen LogP contribution in [0.3, 0.4) is 0 Å². The van der Waals surface area contributed by atoms with Crippen LogP contribution in [0.4, 0.5) is 4.39 Å². The summed E-state index contributed by atoms with van der Waals surface area (Å²) >= 11 is 0. The fraction of sp³-hybridized carbons (Fsp3) is 0.500. The van der Waals surface area contributed by atoms with Gasteiger partial charge in [-0.15, -0.1) is 0 Å². The Bertz CT molecular complexity index is 742. The molecule has 3 aliphatic rings. The van der Waals surface area contributed by atoms with Gasteiger partial charge >= 0.3 is 0 Å². The Kier molecular flexibility index (Phi) is 4.53. The van der Waals surface area contributed by atoms with Crippen molar-refractivity contribution < 1.29 is 24.0 Å². The van der Waals surface area contributed by atoms with E-state index < -0.39 is 17.8 Å². The van der Waals surface area contributed by atoms with Crippen LogP contribution in [0.1, 0.15) is 12.0 Å². The van der Waals surface area contributed by atoms with E-state index in [-0.39, 0.29) is 23.6 Å². The molecule has 26 heavy (non-hydrogen) atoms. The fourth-order valence-electron chi connectivity index (χ4n) is 4.85. The van der Waals surface area contributed by atoms with Crippen molar-refractivity contribution in [3.05, 3.63) is 47.8 Å². The lowest BCUT2D eigenvalue weighted by Gasteiger charge is -2.37. The molecule has 1 aromatic rings. The van der Waals surface area contributed by atoms with Crippen LogP contribution < -0.4 is 10.0 Å². The predicted octanol–water partition coefficient (Wildman–Crippen LogP) is -0.759. The molecular formula is C20H23FN2O3. The first-order chi connectivity index (χ1) is 12.5. The van der Waals surface area contributed by atoms with Gasteiger partial charge in [-0.2, -0.15) is 0 Å². The molecule has 1 amide bonds. The first-order valence-corrected chi connectivity index (χ1v) is 9.29. The number of carbonyl (C=O) groups excluding carboxylic acids is 2. The highest BCUT2D eigenvalue weighted by Crippen LogP contribution is 2.48. The summed E-state index contributed by atoms with van der Waals surface area (Å²) in [6.07, 6.45) is 4.67. The maximum atomic E-state index is 13.3. The molecule has 6 heteroatoms. The van der Waals surface area contributed by atoms with E-state index in [0.717, 1.165) is 31.6 Å². The van der Waals surface area contributed by atoms with E-state index in [1.54, 1.807) is 12.1 Å². The minimum absolute atomic E-state index is 0.0353. The number of carbonyl (C=O) groups is 2. The van der Waals surface area contributed by atoms with Gasteiger partial charge < -0.3 is 19.7 Å². The number of nitrogens with zero attached hydrogens (tertiary/aromatic N) is 1. The number of nitrogens with one attached hydrogen (secondary N) is 1. The van der Waals surface area contributed by atoms with Gasteiger partial charge in [-0.05, 0) is 30.4 Å². The lowest BCUT2D eigenvalue weighted by Crippen LogP contribution is -3.13. The zero-order valence-corrected chi connectivity index (χ0v) is 14.6. The van der Waals surface area contributed by atoms with Crippen molar-refractivity contribution in [3.8, 4) is 0 Å². The van der Waals surface area contributed by atoms with Crippen LogP contribution in [0, 0.1) is 29.5 Å². The molecule has 1 saturated carbocycles. The minimum atomic E-state index is -1.10. The summed E-state index contributed by atoms with van der Waals surface area (Å²) in [4.78, 5) is 27.6. The second-order valence-corrected chi connectivity index (χ2v) is 7.70. The molecular weight excluding hydrogens is 335 g/mol. The SMILES string of the molecule is O=C([O-])[C@@H]1[C@H](C(=O)N2CC[NH+](Cc3cccc(F)c3)CC2)[C@@H]2C=C[C@@H]1C2. The van der Waals surface area contributed by atoms with Crippen molar-refractivity contribution in [2.45, 2.75) is 13.0 Å². The van der Waals surface area contributed by atoms with E-state index in [4.69, 9.17) is 0 Å². The van der Waals surface area contributed by atoms with Gasteiger partial charge in [0.2, 0.25) is 5.91 Å². The standard InChI is InChI=1S/C20H23FN2O3/c21-16-3-1-2-13(10-16)12-22-6-8-23(9-7-22)19(24)17-14-4-5-15(11-14)18(17)20(25)26/h1-5,10,14-15,17-18H,6-9,11-12H2,(H,25,26)/t14-,15-,17-,18+/m1/s1. The number of hydrogen-bond acceptors (Lipinski definition) is 3. The number of aliphatic carboxylic acids is 1. The highest BCUT2D eigenvalue weighted by atomic mass is 19.1. The van der Waals surface area contributed by atoms with E-state index in [1.165, 1.54) is 11.0 Å². The number of allylic oxidation sites excluding steroid dienone is 2. The van der Waals surface area contributed by atoms with E-state index in [9.17, 15) is 19.1 Å². The molecule has 4 atom stereocenters. The molecule has 0 unspecified atom stereocenters. The van der Waals surface area contributed by atoms with Crippen LogP contribution in [0.15, 0.2) is 36.4 Å². The van der Waals surface area contributed by atoms with Crippen LogP contribution in [-0.2, 0) is 16.1 Å². The number of piperazine rings is 1. The number of amides is 1. The maximum Gasteiger partial charge on any atom is 0.227 e. The van der Waals surface area contributed by atoms with E-state index in [2.05, 4.69) is 0 Å². The number of carboxylic acid groups (broad SMARTS) is 1. The Morgan fingerprint density at radius 1 is 1.15 bits per heavy atom. The second kappa shape index (κ2) is 6.83. The minimum Gasteiger partial charge on any atom is -0.550 e. The number of halogens is 1. The summed E-state index contributed by atoms with van der Waals surface area (Å²) in [5, 5.41) is 11.5. The number of carboxylic acids is 1. The third kappa shape index (κ3) is 3.14. The smallest absolute Gasteiger partial charge is 0.227 e. The first-order valence-electron chi connectivity index (χ1n) is 9.29. The Labute approximate surface area is 152 Å². The molecule has 0 spiro atoms. The van der Waals surface area contributed by atoms with Crippen LogP contribution in [0.2, 0.25) is 0 Å². The third-order valence-electron chi connectivity index (χ3n) is 6.14. The molecule has 4 rings (SSSR count). The molecule has 138 valence electrons. The van der Waals surface area contributed by atoms with Gasteiger partial charge in [-0.3, -0.25) is 4.79 Å². The zero-order valence-electron chi connectivity index (χ0n) is 14.6. The quantitative estimate of drug-likeness (QED) is 0.720. The van der Waals surface area contributed by atoms with Gasteiger partial charge in [0.25, 0.3) is 0 Å². The Morgan fingerprint density at radius 3 is 2.50 bits per heavy atom. The second-order valence-electron chi connectivity index (χ2n) is 7.70. The monoisotopic (exact) mass is 358 g/mol. The molecule has 2 bridgehead atoms. The zero-order chi connectivity index (χ0) is 18.3. The Balaban J connectivity index is 1.36. The predicted molar refractivity (Wildman–Crippen MR) is 90.1 cm³/mol. The van der Waals surface area contributed by atoms with Crippen molar-refractivity contribution in [2.75, 3.05) is 26.2 Å². The van der Waals surface area contributed by atoms with E-state index in [0.29, 0.717) is 13.1 Å². The molecule has 1 N–H and O–H groups in total. The normalized spacial score (nSPS) is 30.7. The van der Waals surface area contributed by atoms with Gasteiger partial charge in [0, 0.05) is 17.5 Å². The fourth-order valence-corrected chi connectivity index (χ4v) is 4.85. The van der Waals surface area contributed by atoms with E-state index in [1.807, 2.05) is 23.1 Å². The van der Waals surface area contributed by atoms with Gasteiger partial charge in [0.1, 0.15) is 12.4 Å². The van der Waals surface area contributed by atoms with Crippen LogP contribution in [0.5, 0.6) is 0 Å². The van der Waals surface area contributed by atoms with Gasteiger partial charge in [-0.25, -0.2) is 4.39 Å². The van der Waals surface area contributed by atoms with Crippen LogP contribution >= 0.6 is 0 Å². The molecule has 0 radical (unpaired) electrons. The van der Waals surface area contributed by atoms with Gasteiger partial charge in [0.15, 0.2) is 0 Å². The van der Waals surface area contributed by atoms with Crippen LogP contribution in [-0.4, -0.2) is 43.0 Å². The van der Waals surface area contributed by atoms with Crippen LogP contribution in [0.25, 0.3) is 0 Å². The lowest BCUT2D eigenvalue weighted by atomic mass is 9.82. The highest BCUT2D eigenvalue weighted by molar-refractivity contribution is 5.86. The average Bonchev–Trinajstić information content (AvgIpc) is 3.23. The van der Waals surface area contributed by atoms with Crippen molar-refractivity contribution in [1.82, 2.24) is 4.90 Å². The summed E-state index contributed by atoms with van der Waals surface area (Å²) in [6, 6.07) is 6.62. The van der Waals surface area contributed by atoms with Gasteiger partial charge in [-0.1, -0.05) is 24.3 Å². The summed E-state index contributed by atoms with van der Waals surface area (Å²) in [6.45, 7) is 3.53. The molecule has 2 aliphatic carbocycles.